The number of piperidine rings is 1. The zero-order valence-electron chi connectivity index (χ0n) is 14.1. The normalized spacial score (nSPS) is 18.8. The average molecular weight is 347 g/mol. The van der Waals surface area contributed by atoms with E-state index in [9.17, 15) is 0 Å². The summed E-state index contributed by atoms with van der Waals surface area (Å²) in [6, 6.07) is 2.09. The summed E-state index contributed by atoms with van der Waals surface area (Å²) < 4.78 is 1.83. The van der Waals surface area contributed by atoms with Crippen molar-refractivity contribution in [2.24, 2.45) is 0 Å². The first-order valence-corrected chi connectivity index (χ1v) is 9.57. The first-order valence-electron chi connectivity index (χ1n) is 8.58. The largest absolute Gasteiger partial charge is 0.394 e. The maximum atomic E-state index is 9.02. The highest BCUT2D eigenvalue weighted by molar-refractivity contribution is 7.99. The third-order valence-corrected chi connectivity index (χ3v) is 5.03. The highest BCUT2D eigenvalue weighted by atomic mass is 32.2. The maximum Gasteiger partial charge on any atom is 0.187 e. The number of nitrogens with zero attached hydrogens (tertiary/aromatic N) is 5. The van der Waals surface area contributed by atoms with Gasteiger partial charge in [-0.25, -0.2) is 9.97 Å². The van der Waals surface area contributed by atoms with E-state index in [0.717, 1.165) is 36.2 Å². The molecular formula is C17H25N5OS. The highest BCUT2D eigenvalue weighted by Crippen LogP contribution is 2.26. The Morgan fingerprint density at radius 1 is 1.33 bits per heavy atom. The second-order valence-electron chi connectivity index (χ2n) is 6.11. The van der Waals surface area contributed by atoms with Gasteiger partial charge in [-0.15, -0.1) is 0 Å². The zero-order valence-corrected chi connectivity index (χ0v) is 15.0. The molecule has 1 aliphatic heterocycles. The highest BCUT2D eigenvalue weighted by Gasteiger charge is 2.23. The van der Waals surface area contributed by atoms with Crippen LogP contribution in [0.15, 0.2) is 29.8 Å². The number of rotatable bonds is 7. The van der Waals surface area contributed by atoms with Gasteiger partial charge in [-0.1, -0.05) is 18.7 Å². The van der Waals surface area contributed by atoms with E-state index in [0.29, 0.717) is 12.5 Å². The molecule has 1 fully saturated rings. The predicted molar refractivity (Wildman–Crippen MR) is 95.0 cm³/mol. The van der Waals surface area contributed by atoms with Gasteiger partial charge in [0.05, 0.1) is 18.8 Å². The van der Waals surface area contributed by atoms with Crippen LogP contribution in [0.2, 0.25) is 0 Å². The molecule has 2 aromatic rings. The first kappa shape index (κ1) is 17.4. The predicted octanol–water partition coefficient (Wildman–Crippen LogP) is 2.16. The molecule has 2 aromatic heterocycles. The minimum absolute atomic E-state index is 0.129. The van der Waals surface area contributed by atoms with E-state index in [1.54, 1.807) is 11.8 Å². The maximum absolute atomic E-state index is 9.02. The Kier molecular flexibility index (Phi) is 6.23. The van der Waals surface area contributed by atoms with Gasteiger partial charge in [0.2, 0.25) is 0 Å². The monoisotopic (exact) mass is 347 g/mol. The van der Waals surface area contributed by atoms with E-state index in [4.69, 9.17) is 5.11 Å². The molecular weight excluding hydrogens is 322 g/mol. The van der Waals surface area contributed by atoms with Crippen molar-refractivity contribution in [1.29, 1.82) is 0 Å². The molecule has 1 aliphatic rings. The quantitative estimate of drug-likeness (QED) is 0.611. The van der Waals surface area contributed by atoms with Crippen LogP contribution in [-0.4, -0.2) is 55.2 Å². The first-order chi connectivity index (χ1) is 11.8. The van der Waals surface area contributed by atoms with E-state index in [2.05, 4.69) is 33.0 Å². The molecule has 24 heavy (non-hydrogen) atoms. The SMILES string of the molecule is CCSc1ncc(CN2CCC[C@H](c3ccn(CCO)n3)C2)cn1. The Bertz CT molecular complexity index is 630. The van der Waals surface area contributed by atoms with Crippen LogP contribution in [0.5, 0.6) is 0 Å². The number of aliphatic hydroxyl groups excluding tert-OH is 1. The van der Waals surface area contributed by atoms with Crippen molar-refractivity contribution in [1.82, 2.24) is 24.6 Å². The van der Waals surface area contributed by atoms with Gasteiger partial charge < -0.3 is 5.11 Å². The molecule has 0 spiro atoms. The molecule has 0 amide bonds. The number of thioether (sulfide) groups is 1. The Morgan fingerprint density at radius 2 is 2.17 bits per heavy atom. The molecule has 3 heterocycles. The third kappa shape index (κ3) is 4.55. The summed E-state index contributed by atoms with van der Waals surface area (Å²) in [5, 5.41) is 14.5. The minimum Gasteiger partial charge on any atom is -0.394 e. The summed E-state index contributed by atoms with van der Waals surface area (Å²) >= 11 is 1.67. The molecule has 1 atom stereocenters. The van der Waals surface area contributed by atoms with Crippen LogP contribution in [0.4, 0.5) is 0 Å². The molecule has 0 radical (unpaired) electrons. The van der Waals surface area contributed by atoms with Crippen molar-refractivity contribution < 1.29 is 5.11 Å². The van der Waals surface area contributed by atoms with Crippen LogP contribution >= 0.6 is 11.8 Å². The van der Waals surface area contributed by atoms with E-state index >= 15 is 0 Å². The summed E-state index contributed by atoms with van der Waals surface area (Å²) in [6.45, 7) is 5.82. The van der Waals surface area contributed by atoms with Gasteiger partial charge in [-0.3, -0.25) is 9.58 Å². The van der Waals surface area contributed by atoms with Crippen molar-refractivity contribution in [2.45, 2.75) is 43.9 Å². The average Bonchev–Trinajstić information content (AvgIpc) is 3.06. The van der Waals surface area contributed by atoms with E-state index in [1.165, 1.54) is 18.4 Å². The lowest BCUT2D eigenvalue weighted by molar-refractivity contribution is 0.197. The molecule has 0 aromatic carbocycles. The van der Waals surface area contributed by atoms with Gasteiger partial charge in [0.1, 0.15) is 0 Å². The molecule has 3 rings (SSSR count). The molecule has 0 saturated carbocycles. The number of hydrogen-bond donors (Lipinski definition) is 1. The van der Waals surface area contributed by atoms with E-state index in [1.807, 2.05) is 23.3 Å². The fourth-order valence-corrected chi connectivity index (χ4v) is 3.66. The van der Waals surface area contributed by atoms with Crippen molar-refractivity contribution in [3.63, 3.8) is 0 Å². The van der Waals surface area contributed by atoms with Gasteiger partial charge in [-0.2, -0.15) is 5.10 Å². The molecule has 1 N–H and O–H groups in total. The standard InChI is InChI=1S/C17H25N5OS/c1-2-24-17-18-10-14(11-19-17)12-21-6-3-4-15(13-21)16-5-7-22(20-16)8-9-23/h5,7,10-11,15,23H,2-4,6,8-9,12-13H2,1H3/t15-/m0/s1. The van der Waals surface area contributed by atoms with Crippen LogP contribution < -0.4 is 0 Å². The van der Waals surface area contributed by atoms with Crippen LogP contribution in [-0.2, 0) is 13.1 Å². The number of hydrogen-bond acceptors (Lipinski definition) is 6. The lowest BCUT2D eigenvalue weighted by Crippen LogP contribution is -2.34. The van der Waals surface area contributed by atoms with Crippen molar-refractivity contribution in [3.8, 4) is 0 Å². The molecule has 6 nitrogen and oxygen atoms in total. The Morgan fingerprint density at radius 3 is 2.92 bits per heavy atom. The second-order valence-corrected chi connectivity index (χ2v) is 7.34. The smallest absolute Gasteiger partial charge is 0.187 e. The number of aliphatic hydroxyl groups is 1. The molecule has 0 bridgehead atoms. The molecule has 7 heteroatoms. The van der Waals surface area contributed by atoms with Crippen LogP contribution in [0.1, 0.15) is 36.9 Å². The Labute approximate surface area is 147 Å². The summed E-state index contributed by atoms with van der Waals surface area (Å²) in [4.78, 5) is 11.3. The van der Waals surface area contributed by atoms with Crippen LogP contribution in [0.25, 0.3) is 0 Å². The zero-order chi connectivity index (χ0) is 16.8. The fourth-order valence-electron chi connectivity index (χ4n) is 3.15. The molecule has 130 valence electrons. The van der Waals surface area contributed by atoms with Gasteiger partial charge in [0.25, 0.3) is 0 Å². The van der Waals surface area contributed by atoms with Crippen molar-refractivity contribution >= 4 is 11.8 Å². The van der Waals surface area contributed by atoms with Gasteiger partial charge >= 0.3 is 0 Å². The fraction of sp³-hybridized carbons (Fsp3) is 0.588. The van der Waals surface area contributed by atoms with Gasteiger partial charge in [0.15, 0.2) is 5.16 Å². The molecule has 1 saturated heterocycles. The lowest BCUT2D eigenvalue weighted by atomic mass is 9.95. The summed E-state index contributed by atoms with van der Waals surface area (Å²) in [5.41, 5.74) is 2.31. The minimum atomic E-state index is 0.129. The summed E-state index contributed by atoms with van der Waals surface area (Å²) in [7, 11) is 0. The topological polar surface area (TPSA) is 67.1 Å². The Balaban J connectivity index is 1.58. The van der Waals surface area contributed by atoms with Crippen LogP contribution in [0.3, 0.4) is 0 Å². The van der Waals surface area contributed by atoms with E-state index in [-0.39, 0.29) is 6.61 Å². The van der Waals surface area contributed by atoms with Crippen molar-refractivity contribution in [3.05, 3.63) is 35.9 Å². The number of likely N-dealkylation sites (tertiary alicyclic amines) is 1. The Hall–Kier alpha value is -1.44. The van der Waals surface area contributed by atoms with Gasteiger partial charge in [0, 0.05) is 43.2 Å². The van der Waals surface area contributed by atoms with E-state index < -0.39 is 0 Å². The summed E-state index contributed by atoms with van der Waals surface area (Å²) in [5.74, 6) is 1.46. The van der Waals surface area contributed by atoms with Crippen LogP contribution in [0, 0.1) is 0 Å². The second kappa shape index (κ2) is 8.60. The number of aromatic nitrogens is 4. The molecule has 0 aliphatic carbocycles. The van der Waals surface area contributed by atoms with Gasteiger partial charge in [-0.05, 0) is 31.2 Å². The molecule has 0 unspecified atom stereocenters. The lowest BCUT2D eigenvalue weighted by Gasteiger charge is -2.31. The third-order valence-electron chi connectivity index (χ3n) is 4.28. The summed E-state index contributed by atoms with van der Waals surface area (Å²) in [6.07, 6.45) is 8.22. The van der Waals surface area contributed by atoms with Crippen molar-refractivity contribution in [2.75, 3.05) is 25.4 Å².